The van der Waals surface area contributed by atoms with Gasteiger partial charge in [-0.3, -0.25) is 0 Å². The molecule has 4 nitrogen and oxygen atoms in total. The van der Waals surface area contributed by atoms with E-state index in [2.05, 4.69) is 71.2 Å². The minimum atomic E-state index is 0.711. The van der Waals surface area contributed by atoms with Crippen LogP contribution in [0.15, 0.2) is 86.5 Å². The molecule has 0 aliphatic carbocycles. The zero-order chi connectivity index (χ0) is 20.6. The first-order valence-electron chi connectivity index (χ1n) is 9.43. The van der Waals surface area contributed by atoms with Crippen molar-refractivity contribution in [2.45, 2.75) is 20.3 Å². The zero-order valence-corrected chi connectivity index (χ0v) is 16.8. The minimum absolute atomic E-state index is 0.711. The lowest BCUT2D eigenvalue weighted by atomic mass is 10.1. The maximum absolute atomic E-state index is 4.50. The molecule has 0 saturated heterocycles. The Morgan fingerprint density at radius 2 is 0.862 bits per heavy atom. The van der Waals surface area contributed by atoms with Crippen LogP contribution in [-0.4, -0.2) is 19.9 Å². The number of hydrogen-bond donors (Lipinski definition) is 0. The average Bonchev–Trinajstić information content (AvgIpc) is 2.78. The third-order valence-corrected chi connectivity index (χ3v) is 4.44. The molecule has 4 heteroatoms. The summed E-state index contributed by atoms with van der Waals surface area (Å²) in [5, 5.41) is 0. The van der Waals surface area contributed by atoms with Gasteiger partial charge in [0.15, 0.2) is 11.6 Å². The van der Waals surface area contributed by atoms with Gasteiger partial charge in [0.1, 0.15) is 0 Å². The maximum atomic E-state index is 4.50. The van der Waals surface area contributed by atoms with E-state index in [4.69, 9.17) is 0 Å². The molecule has 29 heavy (non-hydrogen) atoms. The first-order chi connectivity index (χ1) is 14.2. The van der Waals surface area contributed by atoms with Crippen molar-refractivity contribution in [2.75, 3.05) is 0 Å². The van der Waals surface area contributed by atoms with E-state index in [1.165, 1.54) is 11.1 Å². The molecule has 4 rings (SSSR count). The highest BCUT2D eigenvalue weighted by Crippen LogP contribution is 2.17. The molecule has 0 unspecified atom stereocenters. The van der Waals surface area contributed by atoms with Crippen molar-refractivity contribution < 1.29 is 0 Å². The van der Waals surface area contributed by atoms with Crippen LogP contribution in [0, 0.1) is 13.8 Å². The topological polar surface area (TPSA) is 51.6 Å². The third kappa shape index (κ3) is 5.20. The van der Waals surface area contributed by atoms with Crippen LogP contribution in [0.25, 0.3) is 22.8 Å². The fourth-order valence-corrected chi connectivity index (χ4v) is 2.83. The first kappa shape index (κ1) is 20.1. The van der Waals surface area contributed by atoms with Crippen molar-refractivity contribution >= 4 is 0 Å². The molecule has 0 atom stereocenters. The number of hydrogen-bond acceptors (Lipinski definition) is 4. The van der Waals surface area contributed by atoms with Gasteiger partial charge in [0.2, 0.25) is 0 Å². The minimum Gasteiger partial charge on any atom is -0.236 e. The molecule has 0 saturated carbocycles. The molecule has 0 fully saturated rings. The van der Waals surface area contributed by atoms with E-state index >= 15 is 0 Å². The van der Waals surface area contributed by atoms with Crippen LogP contribution in [0.3, 0.4) is 0 Å². The summed E-state index contributed by atoms with van der Waals surface area (Å²) >= 11 is 0. The summed E-state index contributed by atoms with van der Waals surface area (Å²) < 4.78 is 0. The van der Waals surface area contributed by atoms with Gasteiger partial charge in [-0.2, -0.15) is 0 Å². The lowest BCUT2D eigenvalue weighted by Crippen LogP contribution is -1.97. The molecular weight excluding hydrogens is 356 g/mol. The van der Waals surface area contributed by atoms with Crippen LogP contribution < -0.4 is 0 Å². The Labute approximate surface area is 172 Å². The van der Waals surface area contributed by atoms with Gasteiger partial charge in [-0.05, 0) is 25.0 Å². The second-order valence-electron chi connectivity index (χ2n) is 6.74. The van der Waals surface area contributed by atoms with Crippen LogP contribution in [0.1, 0.15) is 22.3 Å². The molecule has 2 aromatic heterocycles. The summed E-state index contributed by atoms with van der Waals surface area (Å²) in [4.78, 5) is 18.0. The molecular formula is C25H24N4. The SMILES string of the molecule is C=C.Cc1ccc(-c2ncc(Cc3cnc(-c4ccc(C)cc4)nc3)cn2)cc1. The highest BCUT2D eigenvalue weighted by molar-refractivity contribution is 5.56. The van der Waals surface area contributed by atoms with Gasteiger partial charge in [-0.25, -0.2) is 19.9 Å². The molecule has 0 N–H and O–H groups in total. The van der Waals surface area contributed by atoms with Crippen LogP contribution in [0.4, 0.5) is 0 Å². The van der Waals surface area contributed by atoms with E-state index in [-0.39, 0.29) is 0 Å². The van der Waals surface area contributed by atoms with Crippen molar-refractivity contribution in [2.24, 2.45) is 0 Å². The van der Waals surface area contributed by atoms with Gasteiger partial charge in [0, 0.05) is 42.3 Å². The summed E-state index contributed by atoms with van der Waals surface area (Å²) in [7, 11) is 0. The summed E-state index contributed by atoms with van der Waals surface area (Å²) in [5.41, 5.74) is 6.58. The van der Waals surface area contributed by atoms with Crippen LogP contribution >= 0.6 is 0 Å². The van der Waals surface area contributed by atoms with Crippen molar-refractivity contribution in [3.8, 4) is 22.8 Å². The Morgan fingerprint density at radius 1 is 0.552 bits per heavy atom. The Bertz CT molecular complexity index is 949. The highest BCUT2D eigenvalue weighted by Gasteiger charge is 2.05. The summed E-state index contributed by atoms with van der Waals surface area (Å²) in [6.45, 7) is 10.1. The van der Waals surface area contributed by atoms with Crippen molar-refractivity contribution in [3.63, 3.8) is 0 Å². The first-order valence-corrected chi connectivity index (χ1v) is 9.43. The summed E-state index contributed by atoms with van der Waals surface area (Å²) in [6.07, 6.45) is 8.20. The van der Waals surface area contributed by atoms with Gasteiger partial charge in [-0.15, -0.1) is 13.2 Å². The third-order valence-electron chi connectivity index (χ3n) is 4.44. The van der Waals surface area contributed by atoms with Gasteiger partial charge in [-0.1, -0.05) is 59.7 Å². The van der Waals surface area contributed by atoms with E-state index in [0.717, 1.165) is 33.9 Å². The predicted octanol–water partition coefficient (Wildman–Crippen LogP) is 5.61. The van der Waals surface area contributed by atoms with Gasteiger partial charge in [0.05, 0.1) is 0 Å². The summed E-state index contributed by atoms with van der Waals surface area (Å²) in [6, 6.07) is 16.5. The number of aryl methyl sites for hydroxylation is 2. The van der Waals surface area contributed by atoms with Gasteiger partial charge >= 0.3 is 0 Å². The molecule has 2 aromatic carbocycles. The maximum Gasteiger partial charge on any atom is 0.159 e. The van der Waals surface area contributed by atoms with Crippen LogP contribution in [0.2, 0.25) is 0 Å². The van der Waals surface area contributed by atoms with E-state index in [0.29, 0.717) is 6.42 Å². The Morgan fingerprint density at radius 3 is 1.17 bits per heavy atom. The standard InChI is InChI=1S/C23H20N4.C2H4/c1-16-3-7-20(8-4-16)22-24-12-18(13-25-22)11-19-14-26-23(27-15-19)21-9-5-17(2)6-10-21;1-2/h3-10,12-15H,11H2,1-2H3;1-2H2. The molecule has 0 aliphatic heterocycles. The Kier molecular flexibility index (Phi) is 6.59. The normalized spacial score (nSPS) is 10.1. The largest absolute Gasteiger partial charge is 0.236 e. The molecule has 0 spiro atoms. The number of nitrogens with zero attached hydrogens (tertiary/aromatic N) is 4. The lowest BCUT2D eigenvalue weighted by Gasteiger charge is -2.05. The number of aromatic nitrogens is 4. The van der Waals surface area contributed by atoms with Crippen molar-refractivity contribution in [1.29, 1.82) is 0 Å². The number of rotatable bonds is 4. The second-order valence-corrected chi connectivity index (χ2v) is 6.74. The fraction of sp³-hybridized carbons (Fsp3) is 0.120. The van der Waals surface area contributed by atoms with Gasteiger partial charge < -0.3 is 0 Å². The molecule has 144 valence electrons. The molecule has 0 amide bonds. The molecule has 2 heterocycles. The molecule has 4 aromatic rings. The van der Waals surface area contributed by atoms with E-state index in [1.54, 1.807) is 0 Å². The van der Waals surface area contributed by atoms with E-state index < -0.39 is 0 Å². The van der Waals surface area contributed by atoms with Gasteiger partial charge in [0.25, 0.3) is 0 Å². The van der Waals surface area contributed by atoms with Crippen LogP contribution in [-0.2, 0) is 6.42 Å². The quantitative estimate of drug-likeness (QED) is 0.432. The predicted molar refractivity (Wildman–Crippen MR) is 118 cm³/mol. The van der Waals surface area contributed by atoms with Crippen molar-refractivity contribution in [1.82, 2.24) is 19.9 Å². The Hall–Kier alpha value is -3.66. The van der Waals surface area contributed by atoms with Crippen molar-refractivity contribution in [3.05, 3.63) is 109 Å². The molecule has 0 radical (unpaired) electrons. The number of benzene rings is 2. The lowest BCUT2D eigenvalue weighted by molar-refractivity contribution is 1.04. The highest BCUT2D eigenvalue weighted by atomic mass is 14.9. The monoisotopic (exact) mass is 380 g/mol. The second kappa shape index (κ2) is 9.51. The van der Waals surface area contributed by atoms with E-state index in [9.17, 15) is 0 Å². The zero-order valence-electron chi connectivity index (χ0n) is 16.8. The Balaban J connectivity index is 0.00000117. The smallest absolute Gasteiger partial charge is 0.159 e. The molecule has 0 bridgehead atoms. The van der Waals surface area contributed by atoms with E-state index in [1.807, 2.05) is 49.1 Å². The fourth-order valence-electron chi connectivity index (χ4n) is 2.83. The van der Waals surface area contributed by atoms with Crippen LogP contribution in [0.5, 0.6) is 0 Å². The summed E-state index contributed by atoms with van der Waals surface area (Å²) in [5.74, 6) is 1.48. The molecule has 0 aliphatic rings. The average molecular weight is 380 g/mol.